The smallest absolute Gasteiger partial charge is 0.289 e. The van der Waals surface area contributed by atoms with Crippen molar-refractivity contribution in [1.29, 1.82) is 0 Å². The van der Waals surface area contributed by atoms with Gasteiger partial charge in [0.25, 0.3) is 5.69 Å². The number of nitro groups is 1. The van der Waals surface area contributed by atoms with E-state index in [-0.39, 0.29) is 34.3 Å². The Labute approximate surface area is 152 Å². The average molecular weight is 398 g/mol. The van der Waals surface area contributed by atoms with Crippen LogP contribution in [0.25, 0.3) is 0 Å². The van der Waals surface area contributed by atoms with Gasteiger partial charge in [0.05, 0.1) is 4.92 Å². The van der Waals surface area contributed by atoms with Crippen molar-refractivity contribution in [2.75, 3.05) is 19.6 Å². The molecule has 7 nitrogen and oxygen atoms in total. The minimum Gasteiger partial charge on any atom is -0.317 e. The molecular weight excluding hydrogens is 377 g/mol. The molecule has 24 heavy (non-hydrogen) atoms. The number of halogens is 2. The molecule has 2 N–H and O–H groups in total. The van der Waals surface area contributed by atoms with Gasteiger partial charge in [-0.05, 0) is 49.9 Å². The topological polar surface area (TPSA) is 101 Å². The van der Waals surface area contributed by atoms with E-state index in [0.29, 0.717) is 5.56 Å². The predicted octanol–water partition coefficient (Wildman–Crippen LogP) is 2.65. The van der Waals surface area contributed by atoms with Crippen LogP contribution in [-0.4, -0.2) is 33.0 Å². The number of hydrogen-bond acceptors (Lipinski definition) is 5. The van der Waals surface area contributed by atoms with Gasteiger partial charge in [0.2, 0.25) is 10.0 Å². The second kappa shape index (κ2) is 7.97. The molecule has 0 saturated carbocycles. The molecule has 10 heteroatoms. The lowest BCUT2D eigenvalue weighted by Crippen LogP contribution is -2.42. The van der Waals surface area contributed by atoms with Gasteiger partial charge in [-0.1, -0.05) is 18.5 Å². The van der Waals surface area contributed by atoms with E-state index in [1.807, 2.05) is 6.92 Å². The number of nitro benzene ring substituents is 1. The van der Waals surface area contributed by atoms with Crippen molar-refractivity contribution in [3.05, 3.63) is 32.8 Å². The first-order chi connectivity index (χ1) is 10.6. The second-order valence-corrected chi connectivity index (χ2v) is 8.35. The largest absolute Gasteiger partial charge is 0.317 e. The molecule has 0 spiro atoms. The highest BCUT2D eigenvalue weighted by molar-refractivity contribution is 7.89. The van der Waals surface area contributed by atoms with Crippen LogP contribution < -0.4 is 10.0 Å². The zero-order chi connectivity index (χ0) is 17.3. The molecule has 1 aliphatic rings. The summed E-state index contributed by atoms with van der Waals surface area (Å²) in [4.78, 5) is 10.1. The quantitative estimate of drug-likeness (QED) is 0.587. The van der Waals surface area contributed by atoms with Gasteiger partial charge in [0.1, 0.15) is 9.92 Å². The zero-order valence-electron chi connectivity index (χ0n) is 13.5. The summed E-state index contributed by atoms with van der Waals surface area (Å²) >= 11 is 5.95. The number of sulfonamides is 1. The maximum atomic E-state index is 12.5. The molecule has 0 bridgehead atoms. The van der Waals surface area contributed by atoms with Crippen LogP contribution in [0.5, 0.6) is 0 Å². The first-order valence-electron chi connectivity index (χ1n) is 7.30. The van der Waals surface area contributed by atoms with Gasteiger partial charge < -0.3 is 5.32 Å². The van der Waals surface area contributed by atoms with E-state index in [4.69, 9.17) is 11.6 Å². The monoisotopic (exact) mass is 397 g/mol. The van der Waals surface area contributed by atoms with Gasteiger partial charge in [-0.15, -0.1) is 12.4 Å². The highest BCUT2D eigenvalue weighted by Gasteiger charge is 2.31. The predicted molar refractivity (Wildman–Crippen MR) is 95.5 cm³/mol. The van der Waals surface area contributed by atoms with E-state index in [2.05, 4.69) is 10.0 Å². The Morgan fingerprint density at radius 1 is 1.38 bits per heavy atom. The molecule has 0 unspecified atom stereocenters. The minimum absolute atomic E-state index is 0. The Hall–Kier alpha value is -0.930. The number of aryl methyl sites for hydroxylation is 1. The first kappa shape index (κ1) is 21.1. The fraction of sp³-hybridized carbons (Fsp3) is 0.571. The van der Waals surface area contributed by atoms with Gasteiger partial charge in [0, 0.05) is 12.6 Å². The maximum absolute atomic E-state index is 12.5. The third kappa shape index (κ3) is 4.80. The number of rotatable bonds is 5. The number of nitrogens with zero attached hydrogens (tertiary/aromatic N) is 1. The van der Waals surface area contributed by atoms with Gasteiger partial charge in [-0.25, -0.2) is 13.1 Å². The van der Waals surface area contributed by atoms with E-state index in [1.54, 1.807) is 6.92 Å². The minimum atomic E-state index is -3.91. The van der Waals surface area contributed by atoms with E-state index >= 15 is 0 Å². The summed E-state index contributed by atoms with van der Waals surface area (Å²) in [6, 6.07) is 2.61. The van der Waals surface area contributed by atoms with Crippen LogP contribution >= 0.6 is 24.0 Å². The van der Waals surface area contributed by atoms with E-state index < -0.39 is 20.6 Å². The Morgan fingerprint density at radius 3 is 2.50 bits per heavy atom. The lowest BCUT2D eigenvalue weighted by Gasteiger charge is -2.34. The van der Waals surface area contributed by atoms with E-state index in [9.17, 15) is 18.5 Å². The molecular formula is C14H21Cl2N3O4S. The van der Waals surface area contributed by atoms with E-state index in [0.717, 1.165) is 25.9 Å². The lowest BCUT2D eigenvalue weighted by atomic mass is 9.81. The number of benzene rings is 1. The summed E-state index contributed by atoms with van der Waals surface area (Å²) in [7, 11) is -3.91. The zero-order valence-corrected chi connectivity index (χ0v) is 15.9. The van der Waals surface area contributed by atoms with Crippen molar-refractivity contribution in [1.82, 2.24) is 10.0 Å². The van der Waals surface area contributed by atoms with Crippen molar-refractivity contribution >= 4 is 39.7 Å². The van der Waals surface area contributed by atoms with Gasteiger partial charge in [-0.3, -0.25) is 10.1 Å². The average Bonchev–Trinajstić information content (AvgIpc) is 2.48. The Bertz CT molecular complexity index is 719. The summed E-state index contributed by atoms with van der Waals surface area (Å²) in [6.07, 6.45) is 1.72. The summed E-state index contributed by atoms with van der Waals surface area (Å²) in [5, 5.41) is 13.9. The van der Waals surface area contributed by atoms with Crippen LogP contribution in [0.1, 0.15) is 25.3 Å². The molecule has 0 amide bonds. The van der Waals surface area contributed by atoms with Crippen molar-refractivity contribution < 1.29 is 13.3 Å². The van der Waals surface area contributed by atoms with E-state index in [1.165, 1.54) is 12.1 Å². The molecule has 0 radical (unpaired) electrons. The molecule has 0 aromatic heterocycles. The van der Waals surface area contributed by atoms with Crippen LogP contribution in [0.3, 0.4) is 0 Å². The summed E-state index contributed by atoms with van der Waals surface area (Å²) in [6.45, 7) is 5.58. The number of hydrogen-bond donors (Lipinski definition) is 2. The van der Waals surface area contributed by atoms with Crippen molar-refractivity contribution in [2.24, 2.45) is 5.41 Å². The SMILES string of the molecule is Cc1cc([N+](=O)[O-])c(Cl)c(S(=O)(=O)NCC2(C)CCNCC2)c1.Cl. The molecule has 1 aromatic rings. The van der Waals surface area contributed by atoms with Crippen LogP contribution in [0.2, 0.25) is 5.02 Å². The van der Waals surface area contributed by atoms with Gasteiger partial charge in [-0.2, -0.15) is 0 Å². The lowest BCUT2D eigenvalue weighted by molar-refractivity contribution is -0.385. The second-order valence-electron chi connectivity index (χ2n) is 6.24. The van der Waals surface area contributed by atoms with Gasteiger partial charge >= 0.3 is 0 Å². The molecule has 1 heterocycles. The molecule has 1 aromatic carbocycles. The van der Waals surface area contributed by atoms with Crippen molar-refractivity contribution in [2.45, 2.75) is 31.6 Å². The Morgan fingerprint density at radius 2 is 1.96 bits per heavy atom. The molecule has 1 aliphatic heterocycles. The molecule has 136 valence electrons. The van der Waals surface area contributed by atoms with Crippen LogP contribution in [-0.2, 0) is 10.0 Å². The Balaban J connectivity index is 0.00000288. The fourth-order valence-corrected chi connectivity index (χ4v) is 4.46. The molecule has 0 atom stereocenters. The number of nitrogens with one attached hydrogen (secondary N) is 2. The summed E-state index contributed by atoms with van der Waals surface area (Å²) in [5.41, 5.74) is -0.0738. The maximum Gasteiger partial charge on any atom is 0.289 e. The summed E-state index contributed by atoms with van der Waals surface area (Å²) < 4.78 is 27.6. The molecule has 2 rings (SSSR count). The molecule has 1 saturated heterocycles. The van der Waals surface area contributed by atoms with Crippen LogP contribution in [0.4, 0.5) is 5.69 Å². The fourth-order valence-electron chi connectivity index (χ4n) is 2.60. The third-order valence-electron chi connectivity index (χ3n) is 4.15. The van der Waals surface area contributed by atoms with Crippen molar-refractivity contribution in [3.63, 3.8) is 0 Å². The first-order valence-corrected chi connectivity index (χ1v) is 9.16. The van der Waals surface area contributed by atoms with Crippen LogP contribution in [0, 0.1) is 22.5 Å². The molecule has 1 fully saturated rings. The highest BCUT2D eigenvalue weighted by atomic mass is 35.5. The number of piperidine rings is 1. The van der Waals surface area contributed by atoms with Crippen molar-refractivity contribution in [3.8, 4) is 0 Å². The summed E-state index contributed by atoms with van der Waals surface area (Å²) in [5.74, 6) is 0. The Kier molecular flexibility index (Phi) is 7.01. The molecule has 0 aliphatic carbocycles. The van der Waals surface area contributed by atoms with Crippen LogP contribution in [0.15, 0.2) is 17.0 Å². The third-order valence-corrected chi connectivity index (χ3v) is 6.08. The standard InChI is InChI=1S/C14H20ClN3O4S.ClH/c1-10-7-11(18(19)20)13(15)12(8-10)23(21,22)17-9-14(2)3-5-16-6-4-14;/h7-8,16-17H,3-6,9H2,1-2H3;1H. The highest BCUT2D eigenvalue weighted by Crippen LogP contribution is 2.33. The van der Waals surface area contributed by atoms with Gasteiger partial charge in [0.15, 0.2) is 0 Å². The normalized spacial score (nSPS) is 17.1.